The summed E-state index contributed by atoms with van der Waals surface area (Å²) in [5.74, 6) is -2.67. The summed E-state index contributed by atoms with van der Waals surface area (Å²) in [5.41, 5.74) is -0.743. The first-order chi connectivity index (χ1) is 20.9. The zero-order valence-corrected chi connectivity index (χ0v) is 23.4. The fourth-order valence-corrected chi connectivity index (χ4v) is 4.71. The largest absolute Gasteiger partial charge is 0.453 e. The van der Waals surface area contributed by atoms with Crippen molar-refractivity contribution in [3.8, 4) is 0 Å². The molecule has 0 spiro atoms. The van der Waals surface area contributed by atoms with Crippen LogP contribution in [0.2, 0.25) is 0 Å². The van der Waals surface area contributed by atoms with Gasteiger partial charge in [0.25, 0.3) is 5.82 Å². The lowest BCUT2D eigenvalue weighted by molar-refractivity contribution is -0.146. The Hall–Kier alpha value is -4.78. The first-order valence-corrected chi connectivity index (χ1v) is 13.7. The minimum atomic E-state index is -4.76. The average Bonchev–Trinajstić information content (AvgIpc) is 3.76. The topological polar surface area (TPSA) is 162 Å². The molecule has 0 amide bonds. The lowest BCUT2D eigenvalue weighted by atomic mass is 10.2. The fourth-order valence-electron chi connectivity index (χ4n) is 4.71. The van der Waals surface area contributed by atoms with Crippen molar-refractivity contribution >= 4 is 33.6 Å². The van der Waals surface area contributed by atoms with E-state index < -0.39 is 35.4 Å². The molecule has 2 N–H and O–H groups in total. The van der Waals surface area contributed by atoms with Crippen molar-refractivity contribution in [3.63, 3.8) is 0 Å². The van der Waals surface area contributed by atoms with Gasteiger partial charge in [0.2, 0.25) is 5.82 Å². The van der Waals surface area contributed by atoms with Gasteiger partial charge in [-0.15, -0.1) is 15.3 Å². The number of nitrogens with zero attached hydrogens (tertiary/aromatic N) is 10. The molecule has 6 aromatic rings. The molecule has 0 saturated heterocycles. The van der Waals surface area contributed by atoms with E-state index in [0.717, 1.165) is 32.1 Å². The standard InChI is InChI=1S/2C12H13F3N6O/c1-2-3-4-5-20-8-7(16-6-17-8)9-18-19-10(12(13,14)15)21(9)11(20)22;1-2-3-4-5-20-8-7(16-6-17-8)9-18-10(12(13,14)15)19-21(9)11(20)22/h2*6H,2-5H2,1H3,(H,16,17). The van der Waals surface area contributed by atoms with Crippen LogP contribution >= 0.6 is 0 Å². The molecule has 44 heavy (non-hydrogen) atoms. The van der Waals surface area contributed by atoms with Gasteiger partial charge in [0, 0.05) is 13.1 Å². The molecule has 6 aromatic heterocycles. The fraction of sp³-hybridized carbons (Fsp3) is 0.500. The highest BCUT2D eigenvalue weighted by atomic mass is 19.4. The van der Waals surface area contributed by atoms with Crippen LogP contribution in [0.3, 0.4) is 0 Å². The minimum absolute atomic E-state index is 0.170. The molecule has 0 aliphatic rings. The number of alkyl halides is 6. The van der Waals surface area contributed by atoms with E-state index in [-0.39, 0.29) is 33.6 Å². The zero-order chi connectivity index (χ0) is 31.8. The van der Waals surface area contributed by atoms with Gasteiger partial charge in [0.1, 0.15) is 11.0 Å². The van der Waals surface area contributed by atoms with Crippen LogP contribution in [0.1, 0.15) is 64.0 Å². The smallest absolute Gasteiger partial charge is 0.340 e. The predicted octanol–water partition coefficient (Wildman–Crippen LogP) is 3.95. The number of unbranched alkanes of at least 4 members (excludes halogenated alkanes) is 4. The Labute approximate surface area is 241 Å². The van der Waals surface area contributed by atoms with Gasteiger partial charge in [0.05, 0.1) is 12.7 Å². The molecule has 6 heterocycles. The second-order valence-electron chi connectivity index (χ2n) is 9.83. The molecule has 0 aliphatic heterocycles. The number of aromatic nitrogens is 12. The lowest BCUT2D eigenvalue weighted by Gasteiger charge is -2.09. The molecule has 20 heteroatoms. The van der Waals surface area contributed by atoms with Crippen LogP contribution in [0, 0.1) is 0 Å². The van der Waals surface area contributed by atoms with E-state index in [0.29, 0.717) is 28.4 Å². The van der Waals surface area contributed by atoms with Gasteiger partial charge in [-0.1, -0.05) is 39.5 Å². The van der Waals surface area contributed by atoms with Crippen LogP contribution in [0.25, 0.3) is 33.6 Å². The number of hydrogen-bond donors (Lipinski definition) is 2. The number of H-pyrrole nitrogens is 2. The molecule has 236 valence electrons. The number of hydrogen-bond acceptors (Lipinski definition) is 8. The molecule has 0 radical (unpaired) electrons. The Kier molecular flexibility index (Phi) is 8.17. The van der Waals surface area contributed by atoms with Crippen molar-refractivity contribution in [1.82, 2.24) is 58.3 Å². The Morgan fingerprint density at radius 3 is 1.77 bits per heavy atom. The molecule has 0 aliphatic carbocycles. The number of nitrogens with one attached hydrogen (secondary N) is 2. The highest BCUT2D eigenvalue weighted by Gasteiger charge is 2.39. The van der Waals surface area contributed by atoms with E-state index in [1.807, 2.05) is 13.8 Å². The van der Waals surface area contributed by atoms with E-state index >= 15 is 0 Å². The van der Waals surface area contributed by atoms with Crippen molar-refractivity contribution in [2.45, 2.75) is 77.8 Å². The van der Waals surface area contributed by atoms with Crippen LogP contribution in [-0.2, 0) is 25.4 Å². The predicted molar refractivity (Wildman–Crippen MR) is 143 cm³/mol. The van der Waals surface area contributed by atoms with Gasteiger partial charge in [-0.25, -0.2) is 28.9 Å². The van der Waals surface area contributed by atoms with Crippen molar-refractivity contribution < 1.29 is 26.3 Å². The van der Waals surface area contributed by atoms with Crippen LogP contribution in [0.5, 0.6) is 0 Å². The summed E-state index contributed by atoms with van der Waals surface area (Å²) in [7, 11) is 0. The van der Waals surface area contributed by atoms with Gasteiger partial charge >= 0.3 is 23.7 Å². The Balaban J connectivity index is 0.000000175. The Morgan fingerprint density at radius 2 is 1.25 bits per heavy atom. The summed E-state index contributed by atoms with van der Waals surface area (Å²) < 4.78 is 81.0. The number of aromatic amines is 2. The number of fused-ring (bicyclic) bond motifs is 6. The van der Waals surface area contributed by atoms with Gasteiger partial charge in [0.15, 0.2) is 22.6 Å². The molecule has 14 nitrogen and oxygen atoms in total. The van der Waals surface area contributed by atoms with Crippen LogP contribution in [0.4, 0.5) is 26.3 Å². The SMILES string of the molecule is CCCCCn1c(=O)n2c(C(F)(F)F)nnc2c2[nH]cnc21.CCCCCn1c(=O)n2nc(C(F)(F)F)nc2c2[nH]cnc21. The van der Waals surface area contributed by atoms with E-state index in [9.17, 15) is 35.9 Å². The van der Waals surface area contributed by atoms with Crippen molar-refractivity contribution in [2.24, 2.45) is 0 Å². The van der Waals surface area contributed by atoms with Crippen molar-refractivity contribution in [2.75, 3.05) is 0 Å². The normalized spacial score (nSPS) is 12.5. The van der Waals surface area contributed by atoms with Crippen LogP contribution in [-0.4, -0.2) is 58.3 Å². The molecule has 0 bridgehead atoms. The number of rotatable bonds is 8. The van der Waals surface area contributed by atoms with Gasteiger partial charge in [-0.05, 0) is 12.8 Å². The number of imidazole rings is 2. The third-order valence-corrected chi connectivity index (χ3v) is 6.78. The second kappa shape index (κ2) is 11.7. The highest BCUT2D eigenvalue weighted by molar-refractivity contribution is 5.85. The van der Waals surface area contributed by atoms with Crippen LogP contribution < -0.4 is 11.4 Å². The minimum Gasteiger partial charge on any atom is -0.340 e. The van der Waals surface area contributed by atoms with Crippen molar-refractivity contribution in [1.29, 1.82) is 0 Å². The summed E-state index contributed by atoms with van der Waals surface area (Å²) in [6.45, 7) is 4.67. The van der Waals surface area contributed by atoms with E-state index in [2.05, 4.69) is 40.2 Å². The molecule has 0 saturated carbocycles. The van der Waals surface area contributed by atoms with Crippen LogP contribution in [0.15, 0.2) is 22.2 Å². The highest BCUT2D eigenvalue weighted by Crippen LogP contribution is 2.29. The molecule has 6 rings (SSSR count). The van der Waals surface area contributed by atoms with E-state index in [4.69, 9.17) is 0 Å². The summed E-state index contributed by atoms with van der Waals surface area (Å²) in [6.07, 6.45) is -1.76. The molecule has 0 fully saturated rings. The molecular weight excluding hydrogens is 602 g/mol. The van der Waals surface area contributed by atoms with Gasteiger partial charge in [-0.3, -0.25) is 9.13 Å². The van der Waals surface area contributed by atoms with E-state index in [1.54, 1.807) is 0 Å². The Morgan fingerprint density at radius 1 is 0.705 bits per heavy atom. The molecular formula is C24H26F6N12O2. The summed E-state index contributed by atoms with van der Waals surface area (Å²) >= 11 is 0. The first kappa shape index (κ1) is 30.7. The lowest BCUT2D eigenvalue weighted by Crippen LogP contribution is -2.30. The molecule has 0 unspecified atom stereocenters. The average molecular weight is 629 g/mol. The maximum absolute atomic E-state index is 13.0. The second-order valence-corrected chi connectivity index (χ2v) is 9.83. The maximum Gasteiger partial charge on any atom is 0.453 e. The monoisotopic (exact) mass is 628 g/mol. The van der Waals surface area contributed by atoms with Gasteiger partial charge < -0.3 is 9.97 Å². The molecule has 0 atom stereocenters. The third kappa shape index (κ3) is 5.50. The quantitative estimate of drug-likeness (QED) is 0.189. The number of aryl methyl sites for hydroxylation is 2. The van der Waals surface area contributed by atoms with Gasteiger partial charge in [-0.2, -0.15) is 30.9 Å². The Bertz CT molecular complexity index is 2010. The third-order valence-electron chi connectivity index (χ3n) is 6.78. The maximum atomic E-state index is 13.0. The first-order valence-electron chi connectivity index (χ1n) is 13.7. The summed E-state index contributed by atoms with van der Waals surface area (Å²) in [4.78, 5) is 41.8. The molecule has 0 aromatic carbocycles. The zero-order valence-electron chi connectivity index (χ0n) is 23.4. The number of halogens is 6. The van der Waals surface area contributed by atoms with E-state index in [1.165, 1.54) is 21.8 Å². The summed E-state index contributed by atoms with van der Waals surface area (Å²) in [6, 6.07) is 0. The summed E-state index contributed by atoms with van der Waals surface area (Å²) in [5, 5.41) is 9.92. The van der Waals surface area contributed by atoms with Crippen molar-refractivity contribution in [3.05, 3.63) is 45.3 Å².